The van der Waals surface area contributed by atoms with Gasteiger partial charge < -0.3 is 14.9 Å². The Balaban J connectivity index is 1.86. The molecule has 0 fully saturated rings. The third-order valence-corrected chi connectivity index (χ3v) is 4.51. The molecule has 0 spiro atoms. The summed E-state index contributed by atoms with van der Waals surface area (Å²) in [5, 5.41) is 17.1. The van der Waals surface area contributed by atoms with Crippen molar-refractivity contribution < 1.29 is 9.15 Å². The molecule has 1 aromatic carbocycles. The quantitative estimate of drug-likeness (QED) is 0.729. The summed E-state index contributed by atoms with van der Waals surface area (Å²) in [6.45, 7) is 1.86. The van der Waals surface area contributed by atoms with E-state index in [1.807, 2.05) is 37.3 Å². The number of nitrogens with two attached hydrogens (primary N) is 1. The Morgan fingerprint density at radius 3 is 2.84 bits per heavy atom. The van der Waals surface area contributed by atoms with Crippen LogP contribution in [-0.4, -0.2) is 10.2 Å². The zero-order chi connectivity index (χ0) is 17.6. The van der Waals surface area contributed by atoms with Gasteiger partial charge in [-0.3, -0.25) is 5.10 Å². The molecule has 0 radical (unpaired) electrons. The first kappa shape index (κ1) is 15.4. The average molecular weight is 353 g/mol. The van der Waals surface area contributed by atoms with E-state index in [-0.39, 0.29) is 11.5 Å². The monoisotopic (exact) mass is 352 g/mol. The van der Waals surface area contributed by atoms with Gasteiger partial charge in [-0.1, -0.05) is 23.7 Å². The summed E-state index contributed by atoms with van der Waals surface area (Å²) in [5.74, 6) is 1.09. The van der Waals surface area contributed by atoms with Gasteiger partial charge in [0.25, 0.3) is 0 Å². The van der Waals surface area contributed by atoms with E-state index in [4.69, 9.17) is 26.5 Å². The molecule has 3 aromatic rings. The van der Waals surface area contributed by atoms with E-state index < -0.39 is 5.92 Å². The van der Waals surface area contributed by atoms with Crippen molar-refractivity contribution in [2.45, 2.75) is 12.8 Å². The summed E-state index contributed by atoms with van der Waals surface area (Å²) in [4.78, 5) is 0. The van der Waals surface area contributed by atoms with Gasteiger partial charge in [-0.15, -0.1) is 5.10 Å². The smallest absolute Gasteiger partial charge is 0.244 e. The first-order valence-electron chi connectivity index (χ1n) is 7.57. The predicted molar refractivity (Wildman–Crippen MR) is 91.8 cm³/mol. The highest BCUT2D eigenvalue weighted by Crippen LogP contribution is 2.44. The first-order chi connectivity index (χ1) is 12.1. The highest BCUT2D eigenvalue weighted by Gasteiger charge is 2.36. The number of nitriles is 1. The minimum absolute atomic E-state index is 0.0298. The Kier molecular flexibility index (Phi) is 3.52. The molecule has 1 atom stereocenters. The number of rotatable bonds is 2. The van der Waals surface area contributed by atoms with Crippen molar-refractivity contribution in [3.05, 3.63) is 69.9 Å². The topological polar surface area (TPSA) is 101 Å². The van der Waals surface area contributed by atoms with Gasteiger partial charge in [0.1, 0.15) is 23.2 Å². The molecule has 0 saturated heterocycles. The maximum Gasteiger partial charge on any atom is 0.244 e. The second-order valence-electron chi connectivity index (χ2n) is 5.67. The first-order valence-corrected chi connectivity index (χ1v) is 7.95. The van der Waals surface area contributed by atoms with Gasteiger partial charge in [0.2, 0.25) is 11.8 Å². The molecule has 3 heterocycles. The number of halogens is 1. The van der Waals surface area contributed by atoms with Gasteiger partial charge in [0, 0.05) is 11.3 Å². The van der Waals surface area contributed by atoms with Crippen molar-refractivity contribution in [3.8, 4) is 23.3 Å². The molecular formula is C18H13ClN4O2. The van der Waals surface area contributed by atoms with Gasteiger partial charge in [-0.25, -0.2) is 0 Å². The summed E-state index contributed by atoms with van der Waals surface area (Å²) in [7, 11) is 0. The molecule has 1 aliphatic heterocycles. The predicted octanol–water partition coefficient (Wildman–Crippen LogP) is 3.85. The zero-order valence-electron chi connectivity index (χ0n) is 13.2. The maximum atomic E-state index is 9.55. The number of ether oxygens (including phenoxy) is 1. The van der Waals surface area contributed by atoms with E-state index in [9.17, 15) is 5.26 Å². The Bertz CT molecular complexity index is 1040. The van der Waals surface area contributed by atoms with Crippen molar-refractivity contribution in [2.24, 2.45) is 5.73 Å². The zero-order valence-corrected chi connectivity index (χ0v) is 14.0. The van der Waals surface area contributed by atoms with E-state index in [0.29, 0.717) is 22.4 Å². The number of nitrogens with zero attached hydrogens (tertiary/aromatic N) is 2. The molecule has 3 N–H and O–H groups in total. The van der Waals surface area contributed by atoms with Crippen LogP contribution in [0.4, 0.5) is 0 Å². The largest absolute Gasteiger partial charge is 0.460 e. The number of furan rings is 1. The van der Waals surface area contributed by atoms with Crippen LogP contribution >= 0.6 is 11.6 Å². The van der Waals surface area contributed by atoms with Crippen molar-refractivity contribution in [1.29, 1.82) is 5.26 Å². The summed E-state index contributed by atoms with van der Waals surface area (Å²) >= 11 is 6.25. The molecule has 7 heteroatoms. The van der Waals surface area contributed by atoms with Crippen LogP contribution in [0.3, 0.4) is 0 Å². The van der Waals surface area contributed by atoms with Crippen LogP contribution in [0.15, 0.2) is 52.3 Å². The van der Waals surface area contributed by atoms with Crippen LogP contribution < -0.4 is 10.5 Å². The maximum absolute atomic E-state index is 9.55. The van der Waals surface area contributed by atoms with E-state index in [2.05, 4.69) is 16.3 Å². The second-order valence-corrected chi connectivity index (χ2v) is 6.08. The fraction of sp³-hybridized carbons (Fsp3) is 0.111. The Morgan fingerprint density at radius 2 is 2.08 bits per heavy atom. The van der Waals surface area contributed by atoms with Gasteiger partial charge in [0.15, 0.2) is 0 Å². The SMILES string of the molecule is Cc1[nH]nc2c1[C@@H](c1ccc(-c3ccccc3Cl)o1)C(C#N)=C(N)O2. The lowest BCUT2D eigenvalue weighted by Crippen LogP contribution is -2.20. The molecule has 0 bridgehead atoms. The van der Waals surface area contributed by atoms with Crippen molar-refractivity contribution in [2.75, 3.05) is 0 Å². The molecule has 4 rings (SSSR count). The van der Waals surface area contributed by atoms with Crippen molar-refractivity contribution in [3.63, 3.8) is 0 Å². The highest BCUT2D eigenvalue weighted by molar-refractivity contribution is 6.33. The van der Waals surface area contributed by atoms with Gasteiger partial charge in [-0.2, -0.15) is 5.26 Å². The van der Waals surface area contributed by atoms with Crippen LogP contribution in [0.25, 0.3) is 11.3 Å². The van der Waals surface area contributed by atoms with E-state index >= 15 is 0 Å². The molecule has 0 saturated carbocycles. The van der Waals surface area contributed by atoms with Crippen LogP contribution in [0.2, 0.25) is 5.02 Å². The minimum atomic E-state index is -0.483. The summed E-state index contributed by atoms with van der Waals surface area (Å²) < 4.78 is 11.5. The molecule has 124 valence electrons. The van der Waals surface area contributed by atoms with E-state index in [1.54, 1.807) is 6.07 Å². The lowest BCUT2D eigenvalue weighted by Gasteiger charge is -2.21. The van der Waals surface area contributed by atoms with Crippen LogP contribution in [0.5, 0.6) is 5.88 Å². The fourth-order valence-corrected chi connectivity index (χ4v) is 3.23. The lowest BCUT2D eigenvalue weighted by atomic mass is 9.88. The minimum Gasteiger partial charge on any atom is -0.460 e. The number of allylic oxidation sites excluding steroid dienone is 1. The summed E-state index contributed by atoms with van der Waals surface area (Å²) in [5.41, 5.74) is 8.50. The molecule has 25 heavy (non-hydrogen) atoms. The Hall–Kier alpha value is -3.17. The highest BCUT2D eigenvalue weighted by atomic mass is 35.5. The fourth-order valence-electron chi connectivity index (χ4n) is 3.00. The molecular weight excluding hydrogens is 340 g/mol. The van der Waals surface area contributed by atoms with Crippen LogP contribution in [0.1, 0.15) is 22.9 Å². The van der Waals surface area contributed by atoms with Gasteiger partial charge in [0.05, 0.1) is 16.5 Å². The summed E-state index contributed by atoms with van der Waals surface area (Å²) in [6.07, 6.45) is 0. The molecule has 2 aromatic heterocycles. The molecule has 0 unspecified atom stereocenters. The van der Waals surface area contributed by atoms with Crippen LogP contribution in [-0.2, 0) is 0 Å². The molecule has 1 aliphatic rings. The van der Waals surface area contributed by atoms with Gasteiger partial charge >= 0.3 is 0 Å². The number of hydrogen-bond acceptors (Lipinski definition) is 5. The number of H-pyrrole nitrogens is 1. The number of fused-ring (bicyclic) bond motifs is 1. The third kappa shape index (κ3) is 2.37. The Labute approximate surface area is 148 Å². The number of aromatic nitrogens is 2. The third-order valence-electron chi connectivity index (χ3n) is 4.18. The standard InChI is InChI=1S/C18H13ClN4O2/c1-9-15-16(11(8-20)17(21)25-18(15)23-22-9)14-7-6-13(24-14)10-4-2-3-5-12(10)19/h2-7,16H,21H2,1H3,(H,22,23)/t16-/m1/s1. The molecule has 0 amide bonds. The number of benzene rings is 1. The van der Waals surface area contributed by atoms with Crippen LogP contribution in [0, 0.1) is 18.3 Å². The van der Waals surface area contributed by atoms with E-state index in [1.165, 1.54) is 0 Å². The van der Waals surface area contributed by atoms with Crippen molar-refractivity contribution >= 4 is 11.6 Å². The van der Waals surface area contributed by atoms with Gasteiger partial charge in [-0.05, 0) is 31.2 Å². The number of nitrogens with one attached hydrogen (secondary N) is 1. The number of aromatic amines is 1. The Morgan fingerprint density at radius 1 is 1.28 bits per heavy atom. The van der Waals surface area contributed by atoms with Crippen molar-refractivity contribution in [1.82, 2.24) is 10.2 Å². The lowest BCUT2D eigenvalue weighted by molar-refractivity contribution is 0.371. The number of hydrogen-bond donors (Lipinski definition) is 2. The normalized spacial score (nSPS) is 16.3. The second kappa shape index (κ2) is 5.72. The van der Waals surface area contributed by atoms with E-state index in [0.717, 1.165) is 16.8 Å². The average Bonchev–Trinajstić information content (AvgIpc) is 3.22. The number of aryl methyl sites for hydroxylation is 1. The molecule has 6 nitrogen and oxygen atoms in total. The summed E-state index contributed by atoms with van der Waals surface area (Å²) in [6, 6.07) is 13.2. The molecule has 0 aliphatic carbocycles.